The van der Waals surface area contributed by atoms with Gasteiger partial charge in [0.25, 0.3) is 0 Å². The lowest BCUT2D eigenvalue weighted by Crippen LogP contribution is -2.35. The molecule has 0 bridgehead atoms. The Morgan fingerprint density at radius 2 is 2.26 bits per heavy atom. The first kappa shape index (κ1) is 16.0. The van der Waals surface area contributed by atoms with Crippen LogP contribution in [-0.2, 0) is 11.3 Å². The number of nitrogens with one attached hydrogen (secondary N) is 2. The topological polar surface area (TPSA) is 59.0 Å². The molecule has 0 saturated carbocycles. The summed E-state index contributed by atoms with van der Waals surface area (Å²) in [6, 6.07) is 6.46. The highest BCUT2D eigenvalue weighted by atomic mass is 16.2. The van der Waals surface area contributed by atoms with Crippen molar-refractivity contribution in [3.63, 3.8) is 0 Å². The number of hydrogen-bond acceptors (Lipinski definition) is 3. The van der Waals surface area contributed by atoms with Crippen LogP contribution in [0, 0.1) is 0 Å². The molecule has 1 amide bonds. The minimum Gasteiger partial charge on any atom is -0.352 e. The van der Waals surface area contributed by atoms with E-state index in [9.17, 15) is 4.79 Å². The van der Waals surface area contributed by atoms with Gasteiger partial charge in [0, 0.05) is 29.2 Å². The first-order valence-corrected chi connectivity index (χ1v) is 8.63. The van der Waals surface area contributed by atoms with E-state index in [2.05, 4.69) is 39.2 Å². The predicted molar refractivity (Wildman–Crippen MR) is 92.5 cm³/mol. The summed E-state index contributed by atoms with van der Waals surface area (Å²) in [7, 11) is 0. The molecule has 1 unspecified atom stereocenters. The zero-order valence-corrected chi connectivity index (χ0v) is 14.0. The van der Waals surface area contributed by atoms with Gasteiger partial charge in [-0.05, 0) is 57.5 Å². The van der Waals surface area contributed by atoms with E-state index in [1.807, 2.05) is 13.0 Å². The minimum atomic E-state index is 0.0673. The molecular weight excluding hydrogens is 288 g/mol. The normalized spacial score (nSPS) is 17.3. The standard InChI is InChI=1S/C18H26N4O/c1-3-13(2)21-17(23)12-22-16(14-6-9-19-10-7-14)11-15-5-4-8-20-18(15)22/h4-5,8,11,13-14,19H,3,6-7,9-10,12H2,1-2H3,(H,21,23). The zero-order chi connectivity index (χ0) is 16.2. The number of hydrogen-bond donors (Lipinski definition) is 2. The van der Waals surface area contributed by atoms with Crippen molar-refractivity contribution >= 4 is 16.9 Å². The number of nitrogens with zero attached hydrogens (tertiary/aromatic N) is 2. The molecule has 2 aromatic heterocycles. The van der Waals surface area contributed by atoms with E-state index in [4.69, 9.17) is 0 Å². The van der Waals surface area contributed by atoms with Gasteiger partial charge in [-0.25, -0.2) is 4.98 Å². The second kappa shape index (κ2) is 7.13. The number of carbonyl (C=O) groups excluding carboxylic acids is 1. The molecule has 124 valence electrons. The monoisotopic (exact) mass is 314 g/mol. The van der Waals surface area contributed by atoms with Crippen LogP contribution in [0.15, 0.2) is 24.4 Å². The molecule has 23 heavy (non-hydrogen) atoms. The molecule has 1 aliphatic heterocycles. The van der Waals surface area contributed by atoms with Gasteiger partial charge in [-0.2, -0.15) is 0 Å². The smallest absolute Gasteiger partial charge is 0.240 e. The van der Waals surface area contributed by atoms with Gasteiger partial charge < -0.3 is 15.2 Å². The van der Waals surface area contributed by atoms with Crippen LogP contribution >= 0.6 is 0 Å². The quantitative estimate of drug-likeness (QED) is 0.891. The molecule has 0 radical (unpaired) electrons. The third-order valence-corrected chi connectivity index (χ3v) is 4.77. The fraction of sp³-hybridized carbons (Fsp3) is 0.556. The van der Waals surface area contributed by atoms with Crippen LogP contribution in [0.4, 0.5) is 0 Å². The zero-order valence-electron chi connectivity index (χ0n) is 14.0. The average molecular weight is 314 g/mol. The summed E-state index contributed by atoms with van der Waals surface area (Å²) in [5.74, 6) is 0.569. The summed E-state index contributed by atoms with van der Waals surface area (Å²) in [6.45, 7) is 6.55. The molecule has 3 rings (SSSR count). The summed E-state index contributed by atoms with van der Waals surface area (Å²) in [5, 5.41) is 7.59. The van der Waals surface area contributed by atoms with Gasteiger partial charge >= 0.3 is 0 Å². The van der Waals surface area contributed by atoms with Gasteiger partial charge in [0.15, 0.2) is 0 Å². The van der Waals surface area contributed by atoms with Crippen molar-refractivity contribution in [2.24, 2.45) is 0 Å². The summed E-state index contributed by atoms with van der Waals surface area (Å²) >= 11 is 0. The van der Waals surface area contributed by atoms with E-state index in [1.165, 1.54) is 5.69 Å². The molecule has 5 nitrogen and oxygen atoms in total. The second-order valence-corrected chi connectivity index (χ2v) is 6.47. The number of fused-ring (bicyclic) bond motifs is 1. The van der Waals surface area contributed by atoms with Crippen molar-refractivity contribution in [2.75, 3.05) is 13.1 Å². The lowest BCUT2D eigenvalue weighted by Gasteiger charge is -2.24. The van der Waals surface area contributed by atoms with Crippen molar-refractivity contribution in [1.82, 2.24) is 20.2 Å². The minimum absolute atomic E-state index is 0.0673. The second-order valence-electron chi connectivity index (χ2n) is 6.47. The average Bonchev–Trinajstić information content (AvgIpc) is 2.94. The van der Waals surface area contributed by atoms with Crippen molar-refractivity contribution in [3.05, 3.63) is 30.1 Å². The molecule has 1 aliphatic rings. The van der Waals surface area contributed by atoms with Crippen LogP contribution in [0.25, 0.3) is 11.0 Å². The Balaban J connectivity index is 1.91. The highest BCUT2D eigenvalue weighted by molar-refractivity contribution is 5.82. The fourth-order valence-electron chi connectivity index (χ4n) is 3.30. The number of piperidine rings is 1. The summed E-state index contributed by atoms with van der Waals surface area (Å²) in [4.78, 5) is 16.9. The summed E-state index contributed by atoms with van der Waals surface area (Å²) in [5.41, 5.74) is 2.17. The molecule has 0 aromatic carbocycles. The number of carbonyl (C=O) groups is 1. The number of rotatable bonds is 5. The maximum absolute atomic E-state index is 12.4. The van der Waals surface area contributed by atoms with E-state index < -0.39 is 0 Å². The van der Waals surface area contributed by atoms with Crippen LogP contribution in [0.2, 0.25) is 0 Å². The molecule has 2 aromatic rings. The van der Waals surface area contributed by atoms with E-state index in [0.717, 1.165) is 43.4 Å². The molecule has 5 heteroatoms. The van der Waals surface area contributed by atoms with Crippen molar-refractivity contribution < 1.29 is 4.79 Å². The van der Waals surface area contributed by atoms with Gasteiger partial charge in [0.1, 0.15) is 12.2 Å². The molecule has 0 spiro atoms. The van der Waals surface area contributed by atoms with E-state index in [1.54, 1.807) is 6.20 Å². The Bertz CT molecular complexity index is 673. The van der Waals surface area contributed by atoms with Gasteiger partial charge in [-0.15, -0.1) is 0 Å². The van der Waals surface area contributed by atoms with Gasteiger partial charge in [-0.1, -0.05) is 6.92 Å². The first-order chi connectivity index (χ1) is 11.2. The Morgan fingerprint density at radius 1 is 1.48 bits per heavy atom. The third-order valence-electron chi connectivity index (χ3n) is 4.77. The maximum Gasteiger partial charge on any atom is 0.240 e. The highest BCUT2D eigenvalue weighted by Crippen LogP contribution is 2.30. The Hall–Kier alpha value is -1.88. The third kappa shape index (κ3) is 3.55. The fourth-order valence-corrected chi connectivity index (χ4v) is 3.30. The van der Waals surface area contributed by atoms with Gasteiger partial charge in [0.2, 0.25) is 5.91 Å². The van der Waals surface area contributed by atoms with E-state index >= 15 is 0 Å². The van der Waals surface area contributed by atoms with Crippen LogP contribution < -0.4 is 10.6 Å². The van der Waals surface area contributed by atoms with Crippen LogP contribution in [0.3, 0.4) is 0 Å². The SMILES string of the molecule is CCC(C)NC(=O)Cn1c(C2CCNCC2)cc2cccnc21. The summed E-state index contributed by atoms with van der Waals surface area (Å²) in [6.07, 6.45) is 4.97. The molecule has 1 atom stereocenters. The molecular formula is C18H26N4O. The van der Waals surface area contributed by atoms with Crippen molar-refractivity contribution in [1.29, 1.82) is 0 Å². The maximum atomic E-state index is 12.4. The van der Waals surface area contributed by atoms with Crippen LogP contribution in [0.1, 0.15) is 44.7 Å². The largest absolute Gasteiger partial charge is 0.352 e. The highest BCUT2D eigenvalue weighted by Gasteiger charge is 2.22. The van der Waals surface area contributed by atoms with Gasteiger partial charge in [0.05, 0.1) is 0 Å². The molecule has 0 aliphatic carbocycles. The van der Waals surface area contributed by atoms with E-state index in [0.29, 0.717) is 12.5 Å². The molecule has 1 fully saturated rings. The van der Waals surface area contributed by atoms with Gasteiger partial charge in [-0.3, -0.25) is 4.79 Å². The Kier molecular flexibility index (Phi) is 4.96. The Morgan fingerprint density at radius 3 is 3.00 bits per heavy atom. The van der Waals surface area contributed by atoms with Crippen LogP contribution in [-0.4, -0.2) is 34.6 Å². The van der Waals surface area contributed by atoms with Crippen molar-refractivity contribution in [2.45, 2.75) is 51.6 Å². The molecule has 3 heterocycles. The van der Waals surface area contributed by atoms with Crippen LogP contribution in [0.5, 0.6) is 0 Å². The van der Waals surface area contributed by atoms with E-state index in [-0.39, 0.29) is 11.9 Å². The number of aromatic nitrogens is 2. The lowest BCUT2D eigenvalue weighted by molar-refractivity contribution is -0.122. The molecule has 2 N–H and O–H groups in total. The summed E-state index contributed by atoms with van der Waals surface area (Å²) < 4.78 is 2.11. The first-order valence-electron chi connectivity index (χ1n) is 8.63. The number of pyridine rings is 1. The molecule has 1 saturated heterocycles. The number of amides is 1. The Labute approximate surface area is 137 Å². The predicted octanol–water partition coefficient (Wildman–Crippen LogP) is 2.42. The lowest BCUT2D eigenvalue weighted by atomic mass is 9.94. The van der Waals surface area contributed by atoms with Crippen molar-refractivity contribution in [3.8, 4) is 0 Å².